The van der Waals surface area contributed by atoms with Crippen LogP contribution < -0.4 is 0 Å². The lowest BCUT2D eigenvalue weighted by Gasteiger charge is -2.20. The fourth-order valence-electron chi connectivity index (χ4n) is 2.31. The summed E-state index contributed by atoms with van der Waals surface area (Å²) in [4.78, 5) is 23.5. The zero-order valence-corrected chi connectivity index (χ0v) is 14.6. The molecule has 5 heteroatoms. The van der Waals surface area contributed by atoms with Crippen molar-refractivity contribution in [3.63, 3.8) is 0 Å². The van der Waals surface area contributed by atoms with Crippen molar-refractivity contribution >= 4 is 43.6 Å². The average molecular weight is 384 g/mol. The van der Waals surface area contributed by atoms with E-state index >= 15 is 0 Å². The Labute approximate surface area is 125 Å². The molecule has 0 amide bonds. The second-order valence-electron chi connectivity index (χ2n) is 6.36. The topological polar surface area (TPSA) is 43.4 Å². The number of Topliss-reactive ketones (excluding diaryl/α,β-unsaturated/α-hetero) is 1. The van der Waals surface area contributed by atoms with Gasteiger partial charge in [0.15, 0.2) is 5.78 Å². The van der Waals surface area contributed by atoms with Gasteiger partial charge in [-0.25, -0.2) is 0 Å². The highest BCUT2D eigenvalue weighted by Gasteiger charge is 2.66. The molecule has 3 nitrogen and oxygen atoms in total. The summed E-state index contributed by atoms with van der Waals surface area (Å²) in [6.45, 7) is 9.56. The van der Waals surface area contributed by atoms with E-state index in [-0.39, 0.29) is 33.8 Å². The molecule has 0 heterocycles. The van der Waals surface area contributed by atoms with Crippen LogP contribution in [0.5, 0.6) is 0 Å². The molecule has 0 aromatic rings. The molecular formula is C13H20Br2O3. The van der Waals surface area contributed by atoms with E-state index in [1.807, 2.05) is 34.6 Å². The highest BCUT2D eigenvalue weighted by molar-refractivity contribution is 9.10. The third-order valence-corrected chi connectivity index (χ3v) is 4.96. The molecular weight excluding hydrogens is 364 g/mol. The van der Waals surface area contributed by atoms with Gasteiger partial charge in [-0.15, -0.1) is 0 Å². The minimum absolute atomic E-state index is 0.0115. The molecule has 1 fully saturated rings. The maximum atomic E-state index is 12.1. The monoisotopic (exact) mass is 382 g/mol. The Bertz CT molecular complexity index is 358. The van der Waals surface area contributed by atoms with Gasteiger partial charge in [0.1, 0.15) is 5.60 Å². The number of halogens is 2. The van der Waals surface area contributed by atoms with Crippen molar-refractivity contribution in [2.24, 2.45) is 17.3 Å². The predicted molar refractivity (Wildman–Crippen MR) is 78.1 cm³/mol. The number of alkyl halides is 2. The van der Waals surface area contributed by atoms with Gasteiger partial charge < -0.3 is 4.74 Å². The Kier molecular flexibility index (Phi) is 4.70. The van der Waals surface area contributed by atoms with Crippen molar-refractivity contribution in [2.75, 3.05) is 5.33 Å². The van der Waals surface area contributed by atoms with Crippen LogP contribution >= 0.6 is 31.9 Å². The van der Waals surface area contributed by atoms with E-state index in [0.717, 1.165) is 0 Å². The maximum absolute atomic E-state index is 12.1. The number of ketones is 1. The lowest BCUT2D eigenvalue weighted by Crippen LogP contribution is -2.27. The van der Waals surface area contributed by atoms with Gasteiger partial charge in [-0.05, 0) is 32.1 Å². The molecule has 1 rings (SSSR count). The average Bonchev–Trinajstić information content (AvgIpc) is 2.76. The van der Waals surface area contributed by atoms with Crippen LogP contribution in [0, 0.1) is 17.3 Å². The summed E-state index contributed by atoms with van der Waals surface area (Å²) in [5, 5.41) is 0.302. The van der Waals surface area contributed by atoms with E-state index in [1.54, 1.807) is 0 Å². The molecule has 1 aliphatic carbocycles. The number of carbonyl (C=O) groups excluding carboxylic acids is 2. The fourth-order valence-corrected chi connectivity index (χ4v) is 4.24. The van der Waals surface area contributed by atoms with E-state index in [1.165, 1.54) is 0 Å². The maximum Gasteiger partial charge on any atom is 0.310 e. The smallest absolute Gasteiger partial charge is 0.310 e. The van der Waals surface area contributed by atoms with Gasteiger partial charge in [-0.3, -0.25) is 9.59 Å². The quantitative estimate of drug-likeness (QED) is 0.552. The zero-order chi connectivity index (χ0) is 14.3. The first-order chi connectivity index (χ1) is 8.02. The van der Waals surface area contributed by atoms with Crippen molar-refractivity contribution in [3.8, 4) is 0 Å². The van der Waals surface area contributed by atoms with Crippen LogP contribution in [0.3, 0.4) is 0 Å². The molecule has 0 N–H and O–H groups in total. The first-order valence-electron chi connectivity index (χ1n) is 5.98. The molecule has 0 saturated heterocycles. The van der Waals surface area contributed by atoms with Crippen molar-refractivity contribution in [2.45, 2.75) is 45.0 Å². The van der Waals surface area contributed by atoms with E-state index < -0.39 is 5.60 Å². The number of hydrogen-bond acceptors (Lipinski definition) is 3. The molecule has 0 aromatic heterocycles. The summed E-state index contributed by atoms with van der Waals surface area (Å²) in [6, 6.07) is 0. The summed E-state index contributed by atoms with van der Waals surface area (Å²) >= 11 is 6.57. The van der Waals surface area contributed by atoms with Crippen LogP contribution in [0.25, 0.3) is 0 Å². The third-order valence-electron chi connectivity index (χ3n) is 3.33. The molecule has 0 bridgehead atoms. The molecule has 3 atom stereocenters. The second kappa shape index (κ2) is 5.23. The molecule has 1 unspecified atom stereocenters. The zero-order valence-electron chi connectivity index (χ0n) is 11.4. The van der Waals surface area contributed by atoms with Gasteiger partial charge in [-0.2, -0.15) is 0 Å². The third kappa shape index (κ3) is 3.35. The predicted octanol–water partition coefficient (Wildman–Crippen LogP) is 3.33. The van der Waals surface area contributed by atoms with Crippen LogP contribution in [0.15, 0.2) is 0 Å². The minimum atomic E-state index is -0.485. The number of rotatable bonds is 4. The van der Waals surface area contributed by atoms with Gasteiger partial charge in [0.2, 0.25) is 0 Å². The molecule has 0 aliphatic heterocycles. The van der Waals surface area contributed by atoms with E-state index in [4.69, 9.17) is 4.74 Å². The summed E-state index contributed by atoms with van der Waals surface area (Å²) in [5.74, 6) is -0.329. The SMILES string of the molecule is CC(C)(C)OC(=O)[C@@H]1[C@H](C(Br)C(=O)CBr)C1(C)C. The molecule has 1 saturated carbocycles. The normalized spacial score (nSPS) is 27.5. The largest absolute Gasteiger partial charge is 0.460 e. The number of carbonyl (C=O) groups is 2. The van der Waals surface area contributed by atoms with Gasteiger partial charge in [0.25, 0.3) is 0 Å². The lowest BCUT2D eigenvalue weighted by atomic mass is 10.1. The Morgan fingerprint density at radius 2 is 1.83 bits per heavy atom. The van der Waals surface area contributed by atoms with Crippen molar-refractivity contribution in [1.29, 1.82) is 0 Å². The number of hydrogen-bond donors (Lipinski definition) is 0. The Morgan fingerprint density at radius 1 is 1.33 bits per heavy atom. The fraction of sp³-hybridized carbons (Fsp3) is 0.846. The van der Waals surface area contributed by atoms with Crippen molar-refractivity contribution < 1.29 is 14.3 Å². The van der Waals surface area contributed by atoms with Crippen LogP contribution in [0.1, 0.15) is 34.6 Å². The Morgan fingerprint density at radius 3 is 2.22 bits per heavy atom. The van der Waals surface area contributed by atoms with E-state index in [2.05, 4.69) is 31.9 Å². The highest BCUT2D eigenvalue weighted by atomic mass is 79.9. The van der Waals surface area contributed by atoms with Gasteiger partial charge >= 0.3 is 5.97 Å². The van der Waals surface area contributed by atoms with Gasteiger partial charge in [0.05, 0.1) is 16.1 Å². The Hall–Kier alpha value is 0.1000. The summed E-state index contributed by atoms with van der Waals surface area (Å²) in [5.41, 5.74) is -0.671. The number of esters is 1. The van der Waals surface area contributed by atoms with Crippen LogP contribution in [-0.4, -0.2) is 27.5 Å². The van der Waals surface area contributed by atoms with Gasteiger partial charge in [0, 0.05) is 0 Å². The van der Waals surface area contributed by atoms with Crippen LogP contribution in [-0.2, 0) is 14.3 Å². The van der Waals surface area contributed by atoms with E-state index in [9.17, 15) is 9.59 Å². The van der Waals surface area contributed by atoms with Crippen LogP contribution in [0.4, 0.5) is 0 Å². The Balaban J connectivity index is 2.75. The first kappa shape index (κ1) is 16.2. The number of ether oxygens (including phenoxy) is 1. The molecule has 1 aliphatic rings. The summed E-state index contributed by atoms with van der Waals surface area (Å²) in [6.07, 6.45) is 0. The standard InChI is InChI=1S/C13H20Br2O3/c1-12(2,3)18-11(17)9-8(13(9,4)5)10(15)7(16)6-14/h8-10H,6H2,1-5H3/t8-,9+,10?/m1/s1. The highest BCUT2D eigenvalue weighted by Crippen LogP contribution is 2.62. The lowest BCUT2D eigenvalue weighted by molar-refractivity contribution is -0.157. The minimum Gasteiger partial charge on any atom is -0.460 e. The molecule has 0 aromatic carbocycles. The molecule has 18 heavy (non-hydrogen) atoms. The van der Waals surface area contributed by atoms with E-state index in [0.29, 0.717) is 5.33 Å². The second-order valence-corrected chi connectivity index (χ2v) is 7.91. The van der Waals surface area contributed by atoms with Crippen molar-refractivity contribution in [1.82, 2.24) is 0 Å². The molecule has 104 valence electrons. The summed E-state index contributed by atoms with van der Waals surface area (Å²) in [7, 11) is 0. The van der Waals surface area contributed by atoms with Crippen LogP contribution in [0.2, 0.25) is 0 Å². The molecule has 0 spiro atoms. The van der Waals surface area contributed by atoms with Crippen molar-refractivity contribution in [3.05, 3.63) is 0 Å². The summed E-state index contributed by atoms with van der Waals surface area (Å²) < 4.78 is 5.41. The molecule has 0 radical (unpaired) electrons. The van der Waals surface area contributed by atoms with Gasteiger partial charge in [-0.1, -0.05) is 45.7 Å². The first-order valence-corrected chi connectivity index (χ1v) is 8.01.